The molecule has 6 aromatic carbocycles. The maximum absolute atomic E-state index is 5.22. The molecular weight excluding hydrogens is 619 g/mol. The number of aromatic nitrogens is 3. The molecule has 0 N–H and O–H groups in total. The summed E-state index contributed by atoms with van der Waals surface area (Å²) in [4.78, 5) is 15.5. The van der Waals surface area contributed by atoms with Gasteiger partial charge in [0.1, 0.15) is 0 Å². The van der Waals surface area contributed by atoms with Crippen molar-refractivity contribution in [2.45, 2.75) is 44.4 Å². The van der Waals surface area contributed by atoms with Crippen molar-refractivity contribution in [3.63, 3.8) is 0 Å². The van der Waals surface area contributed by atoms with Gasteiger partial charge in [-0.2, -0.15) is 0 Å². The van der Waals surface area contributed by atoms with Gasteiger partial charge in [-0.25, -0.2) is 15.0 Å². The lowest BCUT2D eigenvalue weighted by atomic mass is 9.45. The van der Waals surface area contributed by atoms with Gasteiger partial charge >= 0.3 is 0 Å². The summed E-state index contributed by atoms with van der Waals surface area (Å²) in [6.45, 7) is 0. The molecule has 0 radical (unpaired) electrons. The fourth-order valence-electron chi connectivity index (χ4n) is 11.1. The van der Waals surface area contributed by atoms with Crippen LogP contribution in [0.3, 0.4) is 0 Å². The third-order valence-electron chi connectivity index (χ3n) is 12.7. The van der Waals surface area contributed by atoms with Crippen LogP contribution in [0.5, 0.6) is 0 Å². The van der Waals surface area contributed by atoms with Crippen LogP contribution in [0.25, 0.3) is 67.2 Å². The Morgan fingerprint density at radius 1 is 0.392 bits per heavy atom. The van der Waals surface area contributed by atoms with E-state index in [0.717, 1.165) is 40.0 Å². The lowest BCUT2D eigenvalue weighted by Gasteiger charge is -2.59. The number of rotatable bonds is 5. The van der Waals surface area contributed by atoms with Gasteiger partial charge in [0, 0.05) is 22.6 Å². The molecule has 0 aliphatic heterocycles. The summed E-state index contributed by atoms with van der Waals surface area (Å²) >= 11 is 0. The highest BCUT2D eigenvalue weighted by Gasteiger charge is 2.56. The summed E-state index contributed by atoms with van der Waals surface area (Å²) < 4.78 is 0. The molecule has 1 aromatic heterocycles. The normalized spacial score (nSPS) is 24.1. The topological polar surface area (TPSA) is 38.7 Å². The predicted octanol–water partition coefficient (Wildman–Crippen LogP) is 12.0. The first-order valence-corrected chi connectivity index (χ1v) is 18.8. The zero-order valence-corrected chi connectivity index (χ0v) is 28.7. The molecule has 1 unspecified atom stereocenters. The molecule has 4 saturated carbocycles. The van der Waals surface area contributed by atoms with Gasteiger partial charge in [0.25, 0.3) is 0 Å². The first-order chi connectivity index (χ1) is 25.2. The van der Waals surface area contributed by atoms with Gasteiger partial charge in [-0.1, -0.05) is 115 Å². The molecule has 3 nitrogen and oxygen atoms in total. The van der Waals surface area contributed by atoms with Crippen LogP contribution >= 0.6 is 0 Å². The molecular formula is C48H39N3. The molecule has 5 aliphatic rings. The Morgan fingerprint density at radius 3 is 1.57 bits per heavy atom. The van der Waals surface area contributed by atoms with E-state index >= 15 is 0 Å². The van der Waals surface area contributed by atoms with Crippen molar-refractivity contribution in [2.75, 3.05) is 0 Å². The lowest BCUT2D eigenvalue weighted by Crippen LogP contribution is -2.48. The zero-order chi connectivity index (χ0) is 33.5. The van der Waals surface area contributed by atoms with Crippen molar-refractivity contribution >= 4 is 10.8 Å². The molecule has 4 fully saturated rings. The lowest BCUT2D eigenvalue weighted by molar-refractivity contribution is -0.0612. The number of fused-ring (bicyclic) bond motifs is 4. The molecule has 3 heteroatoms. The van der Waals surface area contributed by atoms with E-state index in [9.17, 15) is 0 Å². The second kappa shape index (κ2) is 11.3. The van der Waals surface area contributed by atoms with E-state index in [2.05, 4.69) is 133 Å². The average Bonchev–Trinajstić information content (AvgIpc) is 3.50. The molecule has 4 bridgehead atoms. The van der Waals surface area contributed by atoms with Crippen LogP contribution in [-0.4, -0.2) is 15.0 Å². The first kappa shape index (κ1) is 29.3. The first-order valence-electron chi connectivity index (χ1n) is 18.8. The number of nitrogens with zero attached hydrogens (tertiary/aromatic N) is 3. The third kappa shape index (κ3) is 4.82. The summed E-state index contributed by atoms with van der Waals surface area (Å²) in [6, 6.07) is 50.5. The molecule has 5 aliphatic carbocycles. The van der Waals surface area contributed by atoms with E-state index in [1.165, 1.54) is 71.6 Å². The van der Waals surface area contributed by atoms with Crippen molar-refractivity contribution in [3.05, 3.63) is 151 Å². The Labute approximate surface area is 299 Å². The van der Waals surface area contributed by atoms with E-state index in [1.54, 1.807) is 5.56 Å². The fraction of sp³-hybridized carbons (Fsp3) is 0.229. The van der Waals surface area contributed by atoms with Gasteiger partial charge in [-0.15, -0.1) is 0 Å². The highest BCUT2D eigenvalue weighted by molar-refractivity contribution is 5.94. The minimum Gasteiger partial charge on any atom is -0.208 e. The number of hydrogen-bond acceptors (Lipinski definition) is 3. The largest absolute Gasteiger partial charge is 0.208 e. The molecule has 1 atom stereocenters. The van der Waals surface area contributed by atoms with E-state index in [0.29, 0.717) is 28.8 Å². The Morgan fingerprint density at radius 2 is 0.902 bits per heavy atom. The van der Waals surface area contributed by atoms with Crippen molar-refractivity contribution < 1.29 is 0 Å². The van der Waals surface area contributed by atoms with Gasteiger partial charge in [0.05, 0.1) is 0 Å². The van der Waals surface area contributed by atoms with E-state index in [1.807, 2.05) is 6.07 Å². The summed E-state index contributed by atoms with van der Waals surface area (Å²) in [5.41, 5.74) is 11.5. The van der Waals surface area contributed by atoms with Crippen molar-refractivity contribution in [1.82, 2.24) is 15.0 Å². The molecule has 7 aromatic rings. The highest BCUT2D eigenvalue weighted by atomic mass is 15.0. The van der Waals surface area contributed by atoms with Gasteiger partial charge in [-0.3, -0.25) is 0 Å². The Kier molecular flexibility index (Phi) is 6.50. The van der Waals surface area contributed by atoms with Crippen LogP contribution in [0, 0.1) is 23.2 Å². The zero-order valence-electron chi connectivity index (χ0n) is 28.7. The maximum atomic E-state index is 5.22. The van der Waals surface area contributed by atoms with Crippen LogP contribution in [-0.2, 0) is 0 Å². The van der Waals surface area contributed by atoms with Crippen LogP contribution in [0.15, 0.2) is 140 Å². The van der Waals surface area contributed by atoms with E-state index in [-0.39, 0.29) is 0 Å². The van der Waals surface area contributed by atoms with Gasteiger partial charge in [0.2, 0.25) is 0 Å². The molecule has 0 amide bonds. The monoisotopic (exact) mass is 657 g/mol. The van der Waals surface area contributed by atoms with E-state index < -0.39 is 0 Å². The summed E-state index contributed by atoms with van der Waals surface area (Å²) in [5.74, 6) is 5.27. The molecule has 1 heterocycles. The smallest absolute Gasteiger partial charge is 0.164 e. The number of hydrogen-bond donors (Lipinski definition) is 0. The summed E-state index contributed by atoms with van der Waals surface area (Å²) in [6.07, 6.45) is 8.54. The second-order valence-corrected chi connectivity index (χ2v) is 15.9. The fourth-order valence-corrected chi connectivity index (χ4v) is 11.1. The Balaban J connectivity index is 1.08. The third-order valence-corrected chi connectivity index (χ3v) is 12.7. The number of benzene rings is 6. The van der Waals surface area contributed by atoms with Crippen LogP contribution < -0.4 is 0 Å². The predicted molar refractivity (Wildman–Crippen MR) is 207 cm³/mol. The Bertz CT molecular complexity index is 2430. The molecule has 0 saturated heterocycles. The van der Waals surface area contributed by atoms with Crippen LogP contribution in [0.1, 0.15) is 55.6 Å². The minimum absolute atomic E-state index is 0.364. The molecule has 246 valence electrons. The molecule has 51 heavy (non-hydrogen) atoms. The van der Waals surface area contributed by atoms with Crippen molar-refractivity contribution in [2.24, 2.45) is 23.2 Å². The summed E-state index contributed by atoms with van der Waals surface area (Å²) in [5, 5.41) is 2.66. The van der Waals surface area contributed by atoms with E-state index in [4.69, 9.17) is 15.0 Å². The Hall–Kier alpha value is -5.41. The van der Waals surface area contributed by atoms with Crippen LogP contribution in [0.4, 0.5) is 0 Å². The van der Waals surface area contributed by atoms with Gasteiger partial charge in [0.15, 0.2) is 17.5 Å². The minimum atomic E-state index is 0.364. The molecule has 0 spiro atoms. The SMILES string of the molecule is c1ccc(-c2cccc(-c3nc(-c4ccccc4)nc(-c4ccc5c(c4)-c4cc6ccccc6cc4C5C45CC6CC(CC(C6)C4)C5)n3)c2)cc1. The van der Waals surface area contributed by atoms with Gasteiger partial charge < -0.3 is 0 Å². The van der Waals surface area contributed by atoms with Gasteiger partial charge in [-0.05, 0) is 130 Å². The summed E-state index contributed by atoms with van der Waals surface area (Å²) in [7, 11) is 0. The highest BCUT2D eigenvalue weighted by Crippen LogP contribution is 2.68. The average molecular weight is 658 g/mol. The van der Waals surface area contributed by atoms with Crippen LogP contribution in [0.2, 0.25) is 0 Å². The van der Waals surface area contributed by atoms with Crippen molar-refractivity contribution in [1.29, 1.82) is 0 Å². The quantitative estimate of drug-likeness (QED) is 0.185. The second-order valence-electron chi connectivity index (χ2n) is 15.9. The molecule has 12 rings (SSSR count). The standard InChI is InChI=1S/C48H39N3/c1-3-10-33(11-4-1)35-16-9-17-38(23-35)46-49-45(34-12-5-2-6-13-34)50-47(51-46)39-18-19-40-41(26-39)42-24-36-14-7-8-15-37(36)25-43(42)44(40)48-27-30-20-31(28-48)22-32(21-30)29-48/h1-19,23-26,30-32,44H,20-22,27-29H2. The van der Waals surface area contributed by atoms with Crippen molar-refractivity contribution in [3.8, 4) is 56.4 Å². The maximum Gasteiger partial charge on any atom is 0.164 e.